The third-order valence-electron chi connectivity index (χ3n) is 3.36. The average Bonchev–Trinajstić information content (AvgIpc) is 2.27. The Morgan fingerprint density at radius 3 is 2.56 bits per heavy atom. The summed E-state index contributed by atoms with van der Waals surface area (Å²) >= 11 is 0. The molecule has 18 heavy (non-hydrogen) atoms. The van der Waals surface area contributed by atoms with E-state index in [9.17, 15) is 9.59 Å². The minimum absolute atomic E-state index is 0.0352. The minimum Gasteiger partial charge on any atom is -0.450 e. The number of amides is 2. The van der Waals surface area contributed by atoms with Crippen LogP contribution in [0.2, 0.25) is 0 Å². The Balaban J connectivity index is 2.67. The lowest BCUT2D eigenvalue weighted by atomic mass is 9.85. The standard InChI is InChI=1S/C13H24N2O3/c1-5-18-13(17)15-7-11(9(2)3)6-12(8-15)14-10(4)16/h9,11-12H,5-8H2,1-4H3,(H,14,16). The van der Waals surface area contributed by atoms with Crippen molar-refractivity contribution < 1.29 is 14.3 Å². The van der Waals surface area contributed by atoms with Crippen LogP contribution in [0.25, 0.3) is 0 Å². The second kappa shape index (κ2) is 6.61. The van der Waals surface area contributed by atoms with Gasteiger partial charge in [0.1, 0.15) is 0 Å². The summed E-state index contributed by atoms with van der Waals surface area (Å²) in [6, 6.07) is 0.0352. The summed E-state index contributed by atoms with van der Waals surface area (Å²) in [5.74, 6) is 0.840. The first kappa shape index (κ1) is 14.8. The van der Waals surface area contributed by atoms with Gasteiger partial charge >= 0.3 is 6.09 Å². The van der Waals surface area contributed by atoms with Crippen molar-refractivity contribution in [3.05, 3.63) is 0 Å². The highest BCUT2D eigenvalue weighted by Crippen LogP contribution is 2.24. The summed E-state index contributed by atoms with van der Waals surface area (Å²) in [6.07, 6.45) is 0.644. The number of ether oxygens (including phenoxy) is 1. The highest BCUT2D eigenvalue weighted by molar-refractivity contribution is 5.73. The molecular formula is C13H24N2O3. The van der Waals surface area contributed by atoms with Crippen molar-refractivity contribution in [3.8, 4) is 0 Å². The van der Waals surface area contributed by atoms with Gasteiger partial charge in [-0.05, 0) is 25.2 Å². The van der Waals surface area contributed by atoms with Crippen LogP contribution in [0.15, 0.2) is 0 Å². The molecule has 2 atom stereocenters. The van der Waals surface area contributed by atoms with Crippen LogP contribution in [-0.2, 0) is 9.53 Å². The number of hydrogen-bond donors (Lipinski definition) is 1. The zero-order valence-corrected chi connectivity index (χ0v) is 11.7. The first-order chi connectivity index (χ1) is 8.43. The normalized spacial score (nSPS) is 23.9. The molecule has 1 heterocycles. The van der Waals surface area contributed by atoms with Gasteiger partial charge in [0, 0.05) is 26.1 Å². The number of carbonyl (C=O) groups excluding carboxylic acids is 2. The SMILES string of the molecule is CCOC(=O)N1CC(NC(C)=O)CC(C(C)C)C1. The van der Waals surface area contributed by atoms with Crippen molar-refractivity contribution in [1.82, 2.24) is 10.2 Å². The summed E-state index contributed by atoms with van der Waals surface area (Å²) in [6.45, 7) is 9.23. The monoisotopic (exact) mass is 256 g/mol. The second-order valence-electron chi connectivity index (χ2n) is 5.24. The van der Waals surface area contributed by atoms with Gasteiger partial charge in [0.2, 0.25) is 5.91 Å². The van der Waals surface area contributed by atoms with Crippen molar-refractivity contribution in [2.24, 2.45) is 11.8 Å². The number of carbonyl (C=O) groups is 2. The Labute approximate surface area is 109 Å². The lowest BCUT2D eigenvalue weighted by Gasteiger charge is -2.39. The van der Waals surface area contributed by atoms with Crippen molar-refractivity contribution >= 4 is 12.0 Å². The summed E-state index contributed by atoms with van der Waals surface area (Å²) in [5.41, 5.74) is 0. The maximum absolute atomic E-state index is 11.8. The third kappa shape index (κ3) is 4.20. The van der Waals surface area contributed by atoms with Crippen LogP contribution in [0.5, 0.6) is 0 Å². The van der Waals surface area contributed by atoms with E-state index >= 15 is 0 Å². The van der Waals surface area contributed by atoms with Gasteiger partial charge in [-0.2, -0.15) is 0 Å². The number of nitrogens with zero attached hydrogens (tertiary/aromatic N) is 1. The highest BCUT2D eigenvalue weighted by atomic mass is 16.6. The van der Waals surface area contributed by atoms with E-state index in [-0.39, 0.29) is 18.0 Å². The fourth-order valence-electron chi connectivity index (χ4n) is 2.38. The predicted molar refractivity (Wildman–Crippen MR) is 69.1 cm³/mol. The lowest BCUT2D eigenvalue weighted by Crippen LogP contribution is -2.53. The molecule has 0 aromatic carbocycles. The Morgan fingerprint density at radius 2 is 2.06 bits per heavy atom. The number of likely N-dealkylation sites (tertiary alicyclic amines) is 1. The largest absolute Gasteiger partial charge is 0.450 e. The molecule has 0 radical (unpaired) electrons. The molecule has 0 aromatic heterocycles. The summed E-state index contributed by atoms with van der Waals surface area (Å²) in [7, 11) is 0. The van der Waals surface area contributed by atoms with Crippen molar-refractivity contribution in [3.63, 3.8) is 0 Å². The zero-order valence-electron chi connectivity index (χ0n) is 11.7. The zero-order chi connectivity index (χ0) is 13.7. The predicted octanol–water partition coefficient (Wildman–Crippen LogP) is 1.63. The van der Waals surface area contributed by atoms with Gasteiger partial charge < -0.3 is 15.0 Å². The number of nitrogens with one attached hydrogen (secondary N) is 1. The maximum atomic E-state index is 11.8. The van der Waals surface area contributed by atoms with E-state index in [1.807, 2.05) is 0 Å². The van der Waals surface area contributed by atoms with Crippen LogP contribution in [-0.4, -0.2) is 42.6 Å². The van der Waals surface area contributed by atoms with Crippen molar-refractivity contribution in [1.29, 1.82) is 0 Å². The first-order valence-electron chi connectivity index (χ1n) is 6.62. The van der Waals surface area contributed by atoms with E-state index in [4.69, 9.17) is 4.74 Å². The maximum Gasteiger partial charge on any atom is 0.409 e. The molecule has 0 saturated carbocycles. The summed E-state index contributed by atoms with van der Waals surface area (Å²) in [4.78, 5) is 24.6. The average molecular weight is 256 g/mol. The van der Waals surface area contributed by atoms with Crippen LogP contribution in [0.1, 0.15) is 34.1 Å². The van der Waals surface area contributed by atoms with E-state index in [0.717, 1.165) is 6.42 Å². The number of hydrogen-bond acceptors (Lipinski definition) is 3. The molecule has 1 fully saturated rings. The van der Waals surface area contributed by atoms with Gasteiger partial charge in [0.25, 0.3) is 0 Å². The molecule has 1 aliphatic heterocycles. The molecule has 0 aliphatic carbocycles. The van der Waals surface area contributed by atoms with Crippen LogP contribution in [0, 0.1) is 11.8 Å². The van der Waals surface area contributed by atoms with Crippen LogP contribution in [0.3, 0.4) is 0 Å². The Hall–Kier alpha value is -1.26. The van der Waals surface area contributed by atoms with E-state index in [2.05, 4.69) is 19.2 Å². The van der Waals surface area contributed by atoms with E-state index in [1.54, 1.807) is 11.8 Å². The van der Waals surface area contributed by atoms with Gasteiger partial charge in [0.15, 0.2) is 0 Å². The molecule has 1 N–H and O–H groups in total. The third-order valence-corrected chi connectivity index (χ3v) is 3.36. The quantitative estimate of drug-likeness (QED) is 0.835. The smallest absolute Gasteiger partial charge is 0.409 e. The van der Waals surface area contributed by atoms with Gasteiger partial charge in [-0.1, -0.05) is 13.8 Å². The fourth-order valence-corrected chi connectivity index (χ4v) is 2.38. The molecule has 1 saturated heterocycles. The van der Waals surface area contributed by atoms with Crippen LogP contribution >= 0.6 is 0 Å². The van der Waals surface area contributed by atoms with E-state index < -0.39 is 0 Å². The first-order valence-corrected chi connectivity index (χ1v) is 6.62. The molecule has 0 aromatic rings. The molecule has 2 unspecified atom stereocenters. The molecule has 5 nitrogen and oxygen atoms in total. The summed E-state index contributed by atoms with van der Waals surface area (Å²) in [5, 5.41) is 2.91. The summed E-state index contributed by atoms with van der Waals surface area (Å²) < 4.78 is 5.04. The van der Waals surface area contributed by atoms with Gasteiger partial charge in [0.05, 0.1) is 6.61 Å². The van der Waals surface area contributed by atoms with E-state index in [0.29, 0.717) is 31.5 Å². The molecular weight excluding hydrogens is 232 g/mol. The second-order valence-corrected chi connectivity index (χ2v) is 5.24. The molecule has 0 bridgehead atoms. The molecule has 1 aliphatic rings. The lowest BCUT2D eigenvalue weighted by molar-refractivity contribution is -0.120. The number of rotatable bonds is 3. The topological polar surface area (TPSA) is 58.6 Å². The van der Waals surface area contributed by atoms with Crippen LogP contribution < -0.4 is 5.32 Å². The molecule has 104 valence electrons. The van der Waals surface area contributed by atoms with E-state index in [1.165, 1.54) is 6.92 Å². The Morgan fingerprint density at radius 1 is 1.39 bits per heavy atom. The van der Waals surface area contributed by atoms with Crippen LogP contribution in [0.4, 0.5) is 4.79 Å². The minimum atomic E-state index is -0.279. The highest BCUT2D eigenvalue weighted by Gasteiger charge is 2.32. The molecule has 0 spiro atoms. The number of piperidine rings is 1. The van der Waals surface area contributed by atoms with Gasteiger partial charge in [-0.25, -0.2) is 4.79 Å². The van der Waals surface area contributed by atoms with Gasteiger partial charge in [-0.15, -0.1) is 0 Å². The van der Waals surface area contributed by atoms with Crippen molar-refractivity contribution in [2.45, 2.75) is 40.2 Å². The van der Waals surface area contributed by atoms with Crippen molar-refractivity contribution in [2.75, 3.05) is 19.7 Å². The fraction of sp³-hybridized carbons (Fsp3) is 0.846. The molecule has 2 amide bonds. The van der Waals surface area contributed by atoms with Gasteiger partial charge in [-0.3, -0.25) is 4.79 Å². The molecule has 5 heteroatoms. The Bertz CT molecular complexity index is 305. The molecule has 1 rings (SSSR count). The Kier molecular flexibility index (Phi) is 5.44.